The largest absolute Gasteiger partial charge is 0.466 e. The van der Waals surface area contributed by atoms with Crippen LogP contribution in [0.2, 0.25) is 0 Å². The molecule has 0 aromatic rings. The average Bonchev–Trinajstić information content (AvgIpc) is 2.29. The van der Waals surface area contributed by atoms with Gasteiger partial charge in [-0.05, 0) is 38.5 Å². The highest BCUT2D eigenvalue weighted by molar-refractivity contribution is 5.65. The number of hydrogen-bond donors (Lipinski definition) is 0. The first-order chi connectivity index (χ1) is 8.11. The number of carbonyl (C=O) groups is 1. The molecule has 0 fully saturated rings. The second kappa shape index (κ2) is 10.4. The second-order valence-corrected chi connectivity index (χ2v) is 4.68. The van der Waals surface area contributed by atoms with Crippen molar-refractivity contribution in [2.75, 3.05) is 6.61 Å². The smallest absolute Gasteiger partial charge is 0.302 e. The van der Waals surface area contributed by atoms with Crippen LogP contribution in [0.3, 0.4) is 0 Å². The van der Waals surface area contributed by atoms with Gasteiger partial charge < -0.3 is 4.74 Å². The van der Waals surface area contributed by atoms with E-state index in [0.717, 1.165) is 12.8 Å². The lowest BCUT2D eigenvalue weighted by Gasteiger charge is -2.15. The highest BCUT2D eigenvalue weighted by Gasteiger charge is 2.08. The van der Waals surface area contributed by atoms with E-state index in [4.69, 9.17) is 4.74 Å². The van der Waals surface area contributed by atoms with E-state index in [-0.39, 0.29) is 5.97 Å². The fraction of sp³-hybridized carbons (Fsp3) is 0.800. The molecule has 0 aromatic heterocycles. The van der Waals surface area contributed by atoms with E-state index in [1.54, 1.807) is 0 Å². The van der Waals surface area contributed by atoms with Gasteiger partial charge in [0.05, 0.1) is 6.61 Å². The van der Waals surface area contributed by atoms with Crippen LogP contribution in [-0.4, -0.2) is 12.6 Å². The van der Waals surface area contributed by atoms with E-state index in [2.05, 4.69) is 26.8 Å². The SMILES string of the molecule is CCCCC/C=C(\C)C(CC)CCOC(C)=O. The Bertz CT molecular complexity index is 231. The Labute approximate surface area is 106 Å². The molecule has 0 amide bonds. The Morgan fingerprint density at radius 2 is 1.94 bits per heavy atom. The lowest BCUT2D eigenvalue weighted by atomic mass is 9.93. The third-order valence-electron chi connectivity index (χ3n) is 3.18. The number of unbranched alkanes of at least 4 members (excludes halogenated alkanes) is 3. The van der Waals surface area contributed by atoms with E-state index in [1.165, 1.54) is 38.2 Å². The maximum Gasteiger partial charge on any atom is 0.302 e. The molecule has 0 aromatic carbocycles. The van der Waals surface area contributed by atoms with Crippen molar-refractivity contribution >= 4 is 5.97 Å². The summed E-state index contributed by atoms with van der Waals surface area (Å²) in [6, 6.07) is 0. The fourth-order valence-corrected chi connectivity index (χ4v) is 1.99. The zero-order valence-corrected chi connectivity index (χ0v) is 11.9. The summed E-state index contributed by atoms with van der Waals surface area (Å²) in [6.07, 6.45) is 9.49. The van der Waals surface area contributed by atoms with Crippen LogP contribution >= 0.6 is 0 Å². The Kier molecular flexibility index (Phi) is 9.89. The molecule has 1 atom stereocenters. The summed E-state index contributed by atoms with van der Waals surface area (Å²) in [7, 11) is 0. The van der Waals surface area contributed by atoms with Gasteiger partial charge in [0.2, 0.25) is 0 Å². The molecule has 2 nitrogen and oxygen atoms in total. The summed E-state index contributed by atoms with van der Waals surface area (Å²) in [4.78, 5) is 10.7. The maximum atomic E-state index is 10.7. The van der Waals surface area contributed by atoms with Crippen molar-refractivity contribution < 1.29 is 9.53 Å². The molecule has 17 heavy (non-hydrogen) atoms. The normalized spacial score (nSPS) is 13.5. The molecule has 0 saturated heterocycles. The van der Waals surface area contributed by atoms with Gasteiger partial charge in [-0.1, -0.05) is 38.3 Å². The van der Waals surface area contributed by atoms with Crippen LogP contribution in [0.15, 0.2) is 11.6 Å². The summed E-state index contributed by atoms with van der Waals surface area (Å²) in [5.41, 5.74) is 1.45. The lowest BCUT2D eigenvalue weighted by molar-refractivity contribution is -0.141. The van der Waals surface area contributed by atoms with Crippen molar-refractivity contribution in [2.24, 2.45) is 5.92 Å². The molecule has 0 aliphatic carbocycles. The van der Waals surface area contributed by atoms with Gasteiger partial charge in [0.25, 0.3) is 0 Å². The van der Waals surface area contributed by atoms with Crippen LogP contribution in [-0.2, 0) is 9.53 Å². The lowest BCUT2D eigenvalue weighted by Crippen LogP contribution is -2.08. The molecule has 0 radical (unpaired) electrons. The van der Waals surface area contributed by atoms with Crippen LogP contribution in [0.4, 0.5) is 0 Å². The van der Waals surface area contributed by atoms with Crippen LogP contribution < -0.4 is 0 Å². The van der Waals surface area contributed by atoms with E-state index < -0.39 is 0 Å². The highest BCUT2D eigenvalue weighted by atomic mass is 16.5. The number of rotatable bonds is 9. The van der Waals surface area contributed by atoms with Gasteiger partial charge in [-0.15, -0.1) is 0 Å². The minimum absolute atomic E-state index is 0.176. The quantitative estimate of drug-likeness (QED) is 0.337. The topological polar surface area (TPSA) is 26.3 Å². The van der Waals surface area contributed by atoms with Gasteiger partial charge in [-0.3, -0.25) is 4.79 Å². The van der Waals surface area contributed by atoms with Crippen molar-refractivity contribution in [1.29, 1.82) is 0 Å². The Morgan fingerprint density at radius 3 is 2.47 bits per heavy atom. The molecule has 0 heterocycles. The number of esters is 1. The number of carbonyl (C=O) groups excluding carboxylic acids is 1. The summed E-state index contributed by atoms with van der Waals surface area (Å²) >= 11 is 0. The van der Waals surface area contributed by atoms with Gasteiger partial charge >= 0.3 is 5.97 Å². The van der Waals surface area contributed by atoms with Gasteiger partial charge in [-0.25, -0.2) is 0 Å². The number of ether oxygens (including phenoxy) is 1. The molecule has 2 heteroatoms. The van der Waals surface area contributed by atoms with E-state index in [1.807, 2.05) is 0 Å². The van der Waals surface area contributed by atoms with Crippen molar-refractivity contribution in [3.63, 3.8) is 0 Å². The molecule has 0 saturated carbocycles. The Hall–Kier alpha value is -0.790. The highest BCUT2D eigenvalue weighted by Crippen LogP contribution is 2.20. The predicted octanol–water partition coefficient (Wildman–Crippen LogP) is 4.49. The van der Waals surface area contributed by atoms with Crippen molar-refractivity contribution in [3.8, 4) is 0 Å². The Morgan fingerprint density at radius 1 is 1.24 bits per heavy atom. The number of hydrogen-bond acceptors (Lipinski definition) is 2. The zero-order chi connectivity index (χ0) is 13.1. The fourth-order valence-electron chi connectivity index (χ4n) is 1.99. The average molecular weight is 240 g/mol. The third-order valence-corrected chi connectivity index (χ3v) is 3.18. The van der Waals surface area contributed by atoms with Gasteiger partial charge in [0.15, 0.2) is 0 Å². The molecule has 0 aliphatic rings. The van der Waals surface area contributed by atoms with Gasteiger partial charge in [-0.2, -0.15) is 0 Å². The molecule has 0 aliphatic heterocycles. The first kappa shape index (κ1) is 16.2. The Balaban J connectivity index is 3.92. The van der Waals surface area contributed by atoms with Crippen LogP contribution in [0.5, 0.6) is 0 Å². The predicted molar refractivity (Wildman–Crippen MR) is 72.9 cm³/mol. The summed E-state index contributed by atoms with van der Waals surface area (Å²) in [5.74, 6) is 0.389. The van der Waals surface area contributed by atoms with Gasteiger partial charge in [0, 0.05) is 6.92 Å². The molecule has 0 rings (SSSR count). The van der Waals surface area contributed by atoms with E-state index in [9.17, 15) is 4.79 Å². The summed E-state index contributed by atoms with van der Waals surface area (Å²) in [6.45, 7) is 8.64. The van der Waals surface area contributed by atoms with Crippen molar-refractivity contribution in [1.82, 2.24) is 0 Å². The molecular formula is C15H28O2. The monoisotopic (exact) mass is 240 g/mol. The molecule has 1 unspecified atom stereocenters. The number of allylic oxidation sites excluding steroid dienone is 2. The maximum absolute atomic E-state index is 10.7. The molecule has 0 spiro atoms. The molecule has 0 N–H and O–H groups in total. The van der Waals surface area contributed by atoms with E-state index in [0.29, 0.717) is 12.5 Å². The minimum Gasteiger partial charge on any atom is -0.466 e. The van der Waals surface area contributed by atoms with Crippen molar-refractivity contribution in [2.45, 2.75) is 66.2 Å². The van der Waals surface area contributed by atoms with E-state index >= 15 is 0 Å². The standard InChI is InChI=1S/C15H28O2/c1-5-7-8-9-10-13(3)15(6-2)11-12-17-14(4)16/h10,15H,5-9,11-12H2,1-4H3/b13-10+. The minimum atomic E-state index is -0.176. The summed E-state index contributed by atoms with van der Waals surface area (Å²) < 4.78 is 5.00. The van der Waals surface area contributed by atoms with Crippen LogP contribution in [0, 0.1) is 5.92 Å². The first-order valence-electron chi connectivity index (χ1n) is 6.91. The zero-order valence-electron chi connectivity index (χ0n) is 11.9. The van der Waals surface area contributed by atoms with Crippen molar-refractivity contribution in [3.05, 3.63) is 11.6 Å². The summed E-state index contributed by atoms with van der Waals surface area (Å²) in [5, 5.41) is 0. The van der Waals surface area contributed by atoms with Crippen LogP contribution in [0.25, 0.3) is 0 Å². The first-order valence-corrected chi connectivity index (χ1v) is 6.91. The van der Waals surface area contributed by atoms with Gasteiger partial charge in [0.1, 0.15) is 0 Å². The second-order valence-electron chi connectivity index (χ2n) is 4.68. The van der Waals surface area contributed by atoms with Crippen LogP contribution in [0.1, 0.15) is 66.2 Å². The molecular weight excluding hydrogens is 212 g/mol. The third kappa shape index (κ3) is 8.96. The molecule has 100 valence electrons. The molecule has 0 bridgehead atoms.